The Morgan fingerprint density at radius 2 is 2.00 bits per heavy atom. The van der Waals surface area contributed by atoms with Crippen molar-refractivity contribution in [2.24, 2.45) is 0 Å². The molecule has 0 amide bonds. The Bertz CT molecular complexity index is 1230. The average Bonchev–Trinajstić information content (AvgIpc) is 3.05. The fraction of sp³-hybridized carbons (Fsp3) is 0.250. The van der Waals surface area contributed by atoms with Crippen LogP contribution >= 0.6 is 23.2 Å². The van der Waals surface area contributed by atoms with Crippen molar-refractivity contribution in [2.75, 3.05) is 18.4 Å². The molecule has 1 aliphatic heterocycles. The van der Waals surface area contributed by atoms with Crippen LogP contribution in [0.1, 0.15) is 23.6 Å². The topological polar surface area (TPSA) is 91.5 Å². The van der Waals surface area contributed by atoms with E-state index in [1.165, 1.54) is 17.5 Å². The second-order valence-electron chi connectivity index (χ2n) is 7.09. The molecule has 1 unspecified atom stereocenters. The monoisotopic (exact) mass is 467 g/mol. The number of fused-ring (bicyclic) bond motifs is 3. The lowest BCUT2D eigenvalue weighted by Crippen LogP contribution is -2.41. The molecule has 1 atom stereocenters. The predicted octanol–water partition coefficient (Wildman–Crippen LogP) is 4.29. The molecule has 30 heavy (non-hydrogen) atoms. The van der Waals surface area contributed by atoms with E-state index in [1.54, 1.807) is 24.3 Å². The average molecular weight is 468 g/mol. The number of nitrogens with zero attached hydrogens (tertiary/aromatic N) is 1. The highest BCUT2D eigenvalue weighted by molar-refractivity contribution is 7.90. The lowest BCUT2D eigenvalue weighted by Gasteiger charge is -2.32. The molecule has 0 radical (unpaired) electrons. The van der Waals surface area contributed by atoms with Crippen LogP contribution in [0.2, 0.25) is 10.0 Å². The molecule has 0 aliphatic carbocycles. The molecule has 4 rings (SSSR count). The van der Waals surface area contributed by atoms with Crippen molar-refractivity contribution in [1.29, 1.82) is 0 Å². The maximum absolute atomic E-state index is 13.1. The number of halogens is 2. The molecule has 0 spiro atoms. The number of ether oxygens (including phenoxy) is 1. The number of hydrogen-bond acceptors (Lipinski definition) is 4. The molecular formula is C20H19Cl2N3O4S. The first kappa shape index (κ1) is 21.0. The normalized spacial score (nSPS) is 17.0. The minimum absolute atomic E-state index is 0.0478. The molecule has 1 aromatic heterocycles. The Kier molecular flexibility index (Phi) is 5.67. The van der Waals surface area contributed by atoms with Gasteiger partial charge in [0.25, 0.3) is 0 Å². The van der Waals surface area contributed by atoms with E-state index < -0.39 is 16.2 Å². The Labute approximate surface area is 184 Å². The Balaban J connectivity index is 1.72. The van der Waals surface area contributed by atoms with Crippen LogP contribution in [-0.2, 0) is 26.3 Å². The zero-order valence-electron chi connectivity index (χ0n) is 16.0. The van der Waals surface area contributed by atoms with E-state index in [2.05, 4.69) is 9.71 Å². The largest absolute Gasteiger partial charge is 0.469 e. The third-order valence-corrected chi connectivity index (χ3v) is 7.02. The number of aromatic nitrogens is 1. The Morgan fingerprint density at radius 1 is 1.23 bits per heavy atom. The number of carbonyl (C=O) groups is 1. The minimum atomic E-state index is -3.89. The maximum atomic E-state index is 13.1. The van der Waals surface area contributed by atoms with E-state index in [0.717, 1.165) is 22.2 Å². The van der Waals surface area contributed by atoms with Crippen molar-refractivity contribution >= 4 is 56.0 Å². The number of methoxy groups -OCH3 is 1. The highest BCUT2D eigenvalue weighted by atomic mass is 35.5. The van der Waals surface area contributed by atoms with Crippen LogP contribution < -0.4 is 4.72 Å². The molecule has 0 saturated heterocycles. The molecular weight excluding hydrogens is 449 g/mol. The van der Waals surface area contributed by atoms with Gasteiger partial charge in [-0.2, -0.15) is 12.7 Å². The SMILES string of the molecule is COC(=O)CC1CN(S(=O)(=O)Nc2cccc(Cl)c2)Cc2[nH]c3ccc(Cl)cc3c21. The van der Waals surface area contributed by atoms with E-state index in [9.17, 15) is 13.2 Å². The first-order valence-corrected chi connectivity index (χ1v) is 11.4. The highest BCUT2D eigenvalue weighted by Gasteiger charge is 2.36. The number of nitrogens with one attached hydrogen (secondary N) is 2. The summed E-state index contributed by atoms with van der Waals surface area (Å²) in [6.07, 6.45) is 0.0478. The molecule has 0 saturated carbocycles. The van der Waals surface area contributed by atoms with Crippen molar-refractivity contribution in [1.82, 2.24) is 9.29 Å². The number of benzene rings is 2. The van der Waals surface area contributed by atoms with Crippen LogP contribution in [0, 0.1) is 0 Å². The summed E-state index contributed by atoms with van der Waals surface area (Å²) < 4.78 is 34.8. The van der Waals surface area contributed by atoms with Crippen LogP contribution in [0.5, 0.6) is 0 Å². The zero-order chi connectivity index (χ0) is 21.5. The molecule has 1 aliphatic rings. The van der Waals surface area contributed by atoms with Gasteiger partial charge in [0.1, 0.15) is 0 Å². The summed E-state index contributed by atoms with van der Waals surface area (Å²) in [5, 5.41) is 1.87. The van der Waals surface area contributed by atoms with Gasteiger partial charge in [0.2, 0.25) is 0 Å². The van der Waals surface area contributed by atoms with Crippen LogP contribution in [0.15, 0.2) is 42.5 Å². The van der Waals surface area contributed by atoms with E-state index >= 15 is 0 Å². The summed E-state index contributed by atoms with van der Waals surface area (Å²) in [7, 11) is -2.58. The third kappa shape index (κ3) is 4.13. The van der Waals surface area contributed by atoms with Gasteiger partial charge in [0.05, 0.1) is 25.8 Å². The third-order valence-electron chi connectivity index (χ3n) is 5.10. The van der Waals surface area contributed by atoms with Crippen molar-refractivity contribution in [2.45, 2.75) is 18.9 Å². The second-order valence-corrected chi connectivity index (χ2v) is 9.64. The van der Waals surface area contributed by atoms with E-state index in [-0.39, 0.29) is 25.4 Å². The number of rotatable bonds is 5. The molecule has 2 N–H and O–H groups in total. The first-order valence-electron chi connectivity index (χ1n) is 9.17. The van der Waals surface area contributed by atoms with Gasteiger partial charge in [-0.15, -0.1) is 0 Å². The number of esters is 1. The number of carbonyl (C=O) groups excluding carboxylic acids is 1. The van der Waals surface area contributed by atoms with Gasteiger partial charge in [-0.25, -0.2) is 0 Å². The zero-order valence-corrected chi connectivity index (χ0v) is 18.3. The molecule has 10 heteroatoms. The summed E-state index contributed by atoms with van der Waals surface area (Å²) in [5.74, 6) is -0.797. The fourth-order valence-corrected chi connectivity index (χ4v) is 5.40. The van der Waals surface area contributed by atoms with E-state index in [0.29, 0.717) is 15.7 Å². The lowest BCUT2D eigenvalue weighted by atomic mass is 9.90. The summed E-state index contributed by atoms with van der Waals surface area (Å²) in [4.78, 5) is 15.3. The molecule has 0 fully saturated rings. The number of aromatic amines is 1. The van der Waals surface area contributed by atoms with Gasteiger partial charge in [-0.3, -0.25) is 9.52 Å². The smallest absolute Gasteiger partial charge is 0.306 e. The fourth-order valence-electron chi connectivity index (χ4n) is 3.81. The summed E-state index contributed by atoms with van der Waals surface area (Å²) in [6, 6.07) is 11.9. The van der Waals surface area contributed by atoms with Gasteiger partial charge >= 0.3 is 16.2 Å². The molecule has 3 aromatic rings. The predicted molar refractivity (Wildman–Crippen MR) is 117 cm³/mol. The van der Waals surface area contributed by atoms with Gasteiger partial charge in [0, 0.05) is 39.1 Å². The van der Waals surface area contributed by atoms with Crippen molar-refractivity contribution in [3.63, 3.8) is 0 Å². The maximum Gasteiger partial charge on any atom is 0.306 e. The summed E-state index contributed by atoms with van der Waals surface area (Å²) in [5.41, 5.74) is 2.82. The summed E-state index contributed by atoms with van der Waals surface area (Å²) >= 11 is 12.1. The second kappa shape index (κ2) is 8.11. The number of hydrogen-bond donors (Lipinski definition) is 2. The standard InChI is InChI=1S/C20H19Cl2N3O4S/c1-29-19(26)7-12-10-25(30(27,28)24-15-4-2-3-13(21)8-15)11-18-20(12)16-9-14(22)5-6-17(16)23-18/h2-6,8-9,12,23-24H,7,10-11H2,1H3. The van der Waals surface area contributed by atoms with Gasteiger partial charge in [0.15, 0.2) is 0 Å². The van der Waals surface area contributed by atoms with Crippen molar-refractivity contribution < 1.29 is 17.9 Å². The van der Waals surface area contributed by atoms with Gasteiger partial charge < -0.3 is 9.72 Å². The molecule has 2 aromatic carbocycles. The number of H-pyrrole nitrogens is 1. The van der Waals surface area contributed by atoms with Crippen LogP contribution in [0.4, 0.5) is 5.69 Å². The molecule has 158 valence electrons. The quantitative estimate of drug-likeness (QED) is 0.547. The van der Waals surface area contributed by atoms with Crippen molar-refractivity contribution in [3.8, 4) is 0 Å². The van der Waals surface area contributed by atoms with Gasteiger partial charge in [-0.05, 0) is 42.0 Å². The van der Waals surface area contributed by atoms with E-state index in [1.807, 2.05) is 12.1 Å². The van der Waals surface area contributed by atoms with Crippen molar-refractivity contribution in [3.05, 3.63) is 63.8 Å². The van der Waals surface area contributed by atoms with Crippen LogP contribution in [-0.4, -0.2) is 37.3 Å². The van der Waals surface area contributed by atoms with Gasteiger partial charge in [-0.1, -0.05) is 29.3 Å². The molecule has 2 heterocycles. The van der Waals surface area contributed by atoms with Crippen LogP contribution in [0.25, 0.3) is 10.9 Å². The Morgan fingerprint density at radius 3 is 2.73 bits per heavy atom. The molecule has 0 bridgehead atoms. The highest BCUT2D eigenvalue weighted by Crippen LogP contribution is 2.38. The molecule has 7 nitrogen and oxygen atoms in total. The minimum Gasteiger partial charge on any atom is -0.469 e. The Hall–Kier alpha value is -2.26. The number of anilines is 1. The van der Waals surface area contributed by atoms with E-state index in [4.69, 9.17) is 27.9 Å². The first-order chi connectivity index (χ1) is 14.3. The summed E-state index contributed by atoms with van der Waals surface area (Å²) in [6.45, 7) is 0.257. The lowest BCUT2D eigenvalue weighted by molar-refractivity contribution is -0.141. The van der Waals surface area contributed by atoms with Crippen LogP contribution in [0.3, 0.4) is 0 Å².